The van der Waals surface area contributed by atoms with Gasteiger partial charge in [-0.2, -0.15) is 0 Å². The maximum atomic E-state index is 12.7. The van der Waals surface area contributed by atoms with Crippen molar-refractivity contribution < 1.29 is 14.6 Å². The summed E-state index contributed by atoms with van der Waals surface area (Å²) in [5, 5.41) is 11.8. The van der Waals surface area contributed by atoms with E-state index < -0.39 is 0 Å². The highest BCUT2D eigenvalue weighted by molar-refractivity contribution is 6.01. The molecular weight excluding hydrogens is 342 g/mol. The van der Waals surface area contributed by atoms with Gasteiger partial charge in [0.05, 0.1) is 12.1 Å². The number of hydrogen-bond acceptors (Lipinski definition) is 4. The number of carbonyl (C=O) groups is 1. The molecule has 1 unspecified atom stereocenters. The first kappa shape index (κ1) is 17.5. The van der Waals surface area contributed by atoms with Crippen molar-refractivity contribution in [1.82, 2.24) is 14.9 Å². The van der Waals surface area contributed by atoms with E-state index in [0.717, 1.165) is 40.8 Å². The number of rotatable bonds is 4. The van der Waals surface area contributed by atoms with Crippen molar-refractivity contribution in [2.75, 3.05) is 13.2 Å². The van der Waals surface area contributed by atoms with Gasteiger partial charge < -0.3 is 19.7 Å². The molecule has 140 valence electrons. The molecule has 0 spiro atoms. The molecule has 0 bridgehead atoms. The number of hydrogen-bond donors (Lipinski definition) is 2. The standard InChI is InChI=1S/C21H23N3O3/c1-13-23-19-17(24(13)2)12-16(21(26)22-10-11-25)15-8-9-18(27-20(15)19)14-6-4-3-5-7-14/h3-7,12,18,25H,8-11H2,1-2H3,(H,22,26). The minimum atomic E-state index is -0.192. The average Bonchev–Trinajstić information content (AvgIpc) is 3.00. The molecule has 0 saturated heterocycles. The van der Waals surface area contributed by atoms with Crippen molar-refractivity contribution in [2.45, 2.75) is 25.9 Å². The molecule has 2 N–H and O–H groups in total. The lowest BCUT2D eigenvalue weighted by Crippen LogP contribution is -2.28. The lowest BCUT2D eigenvalue weighted by atomic mass is 9.93. The highest BCUT2D eigenvalue weighted by atomic mass is 16.5. The van der Waals surface area contributed by atoms with Crippen LogP contribution in [0.25, 0.3) is 11.0 Å². The number of fused-ring (bicyclic) bond motifs is 3. The Morgan fingerprint density at radius 3 is 2.89 bits per heavy atom. The molecule has 1 atom stereocenters. The highest BCUT2D eigenvalue weighted by Crippen LogP contribution is 2.41. The van der Waals surface area contributed by atoms with Crippen LogP contribution >= 0.6 is 0 Å². The number of aliphatic hydroxyl groups excluding tert-OH is 1. The second kappa shape index (κ2) is 7.04. The van der Waals surface area contributed by atoms with Crippen LogP contribution in [0.1, 0.15) is 39.8 Å². The van der Waals surface area contributed by atoms with E-state index >= 15 is 0 Å². The SMILES string of the molecule is Cc1nc2c3c(c(C(=O)NCCO)cc2n1C)CCC(c1ccccc1)O3. The third kappa shape index (κ3) is 3.06. The van der Waals surface area contributed by atoms with Crippen LogP contribution in [0.2, 0.25) is 0 Å². The van der Waals surface area contributed by atoms with E-state index in [9.17, 15) is 4.79 Å². The summed E-state index contributed by atoms with van der Waals surface area (Å²) in [6.07, 6.45) is 1.48. The normalized spacial score (nSPS) is 16.0. The fourth-order valence-electron chi connectivity index (χ4n) is 3.67. The Bertz CT molecular complexity index is 995. The number of nitrogens with zero attached hydrogens (tertiary/aromatic N) is 2. The molecule has 27 heavy (non-hydrogen) atoms. The Morgan fingerprint density at radius 1 is 1.37 bits per heavy atom. The zero-order chi connectivity index (χ0) is 19.0. The van der Waals surface area contributed by atoms with Gasteiger partial charge >= 0.3 is 0 Å². The van der Waals surface area contributed by atoms with Crippen molar-refractivity contribution in [3.8, 4) is 5.75 Å². The van der Waals surface area contributed by atoms with Crippen LogP contribution in [-0.2, 0) is 13.5 Å². The van der Waals surface area contributed by atoms with E-state index in [1.54, 1.807) is 0 Å². The fraction of sp³-hybridized carbons (Fsp3) is 0.333. The minimum absolute atomic E-state index is 0.0556. The maximum absolute atomic E-state index is 12.7. The summed E-state index contributed by atoms with van der Waals surface area (Å²) in [5.41, 5.74) is 4.28. The Hall–Kier alpha value is -2.86. The Morgan fingerprint density at radius 2 is 2.15 bits per heavy atom. The number of amides is 1. The van der Waals surface area contributed by atoms with Gasteiger partial charge in [-0.15, -0.1) is 0 Å². The third-order valence-corrected chi connectivity index (χ3v) is 5.19. The number of aryl methyl sites for hydroxylation is 2. The predicted molar refractivity (Wildman–Crippen MR) is 103 cm³/mol. The molecule has 3 aromatic rings. The number of nitrogens with one attached hydrogen (secondary N) is 1. The van der Waals surface area contributed by atoms with Crippen molar-refractivity contribution in [3.63, 3.8) is 0 Å². The van der Waals surface area contributed by atoms with Crippen molar-refractivity contribution in [1.29, 1.82) is 0 Å². The van der Waals surface area contributed by atoms with Crippen LogP contribution in [0.15, 0.2) is 36.4 Å². The first-order valence-electron chi connectivity index (χ1n) is 9.19. The molecule has 0 radical (unpaired) electrons. The molecule has 6 nitrogen and oxygen atoms in total. The summed E-state index contributed by atoms with van der Waals surface area (Å²) in [6, 6.07) is 12.0. The van der Waals surface area contributed by atoms with E-state index in [0.29, 0.717) is 11.3 Å². The first-order chi connectivity index (χ1) is 13.1. The summed E-state index contributed by atoms with van der Waals surface area (Å²) in [4.78, 5) is 17.4. The van der Waals surface area contributed by atoms with Gasteiger partial charge in [0.25, 0.3) is 5.91 Å². The van der Waals surface area contributed by atoms with Gasteiger partial charge in [0.1, 0.15) is 17.4 Å². The van der Waals surface area contributed by atoms with Crippen molar-refractivity contribution in [2.24, 2.45) is 7.05 Å². The summed E-state index contributed by atoms with van der Waals surface area (Å²) in [5.74, 6) is 1.37. The summed E-state index contributed by atoms with van der Waals surface area (Å²) in [7, 11) is 1.93. The molecule has 1 aliphatic heterocycles. The number of aromatic nitrogens is 2. The monoisotopic (exact) mass is 365 g/mol. The Kier molecular flexibility index (Phi) is 4.58. The second-order valence-corrected chi connectivity index (χ2v) is 6.85. The van der Waals surface area contributed by atoms with Crippen LogP contribution in [0, 0.1) is 6.92 Å². The van der Waals surface area contributed by atoms with Crippen LogP contribution in [0.4, 0.5) is 0 Å². The number of imidazole rings is 1. The molecule has 2 heterocycles. The van der Waals surface area contributed by atoms with Gasteiger partial charge in [0.15, 0.2) is 5.75 Å². The van der Waals surface area contributed by atoms with E-state index in [2.05, 4.69) is 22.4 Å². The van der Waals surface area contributed by atoms with E-state index in [-0.39, 0.29) is 25.2 Å². The number of benzene rings is 2. The third-order valence-electron chi connectivity index (χ3n) is 5.19. The number of aliphatic hydroxyl groups is 1. The summed E-state index contributed by atoms with van der Waals surface area (Å²) < 4.78 is 8.36. The van der Waals surface area contributed by atoms with Gasteiger partial charge in [0.2, 0.25) is 0 Å². The quantitative estimate of drug-likeness (QED) is 0.745. The van der Waals surface area contributed by atoms with E-state index in [1.165, 1.54) is 0 Å². The van der Waals surface area contributed by atoms with Crippen LogP contribution in [0.5, 0.6) is 5.75 Å². The maximum Gasteiger partial charge on any atom is 0.251 e. The Balaban J connectivity index is 1.83. The minimum Gasteiger partial charge on any atom is -0.483 e. The largest absolute Gasteiger partial charge is 0.483 e. The summed E-state index contributed by atoms with van der Waals surface area (Å²) in [6.45, 7) is 2.08. The van der Waals surface area contributed by atoms with Gasteiger partial charge in [-0.1, -0.05) is 30.3 Å². The first-order valence-corrected chi connectivity index (χ1v) is 9.19. The van der Waals surface area contributed by atoms with Gasteiger partial charge in [-0.3, -0.25) is 4.79 Å². The van der Waals surface area contributed by atoms with Crippen LogP contribution in [0.3, 0.4) is 0 Å². The van der Waals surface area contributed by atoms with Crippen molar-refractivity contribution >= 4 is 16.9 Å². The molecule has 1 amide bonds. The lowest BCUT2D eigenvalue weighted by Gasteiger charge is -2.28. The number of ether oxygens (including phenoxy) is 1. The van der Waals surface area contributed by atoms with E-state index in [4.69, 9.17) is 9.84 Å². The molecule has 6 heteroatoms. The molecule has 0 fully saturated rings. The fourth-order valence-corrected chi connectivity index (χ4v) is 3.67. The van der Waals surface area contributed by atoms with Gasteiger partial charge in [-0.05, 0) is 31.4 Å². The molecular formula is C21H23N3O3. The van der Waals surface area contributed by atoms with E-state index in [1.807, 2.05) is 42.8 Å². The second-order valence-electron chi connectivity index (χ2n) is 6.85. The van der Waals surface area contributed by atoms with Crippen LogP contribution in [-0.4, -0.2) is 33.7 Å². The zero-order valence-electron chi connectivity index (χ0n) is 15.5. The molecule has 4 rings (SSSR count). The highest BCUT2D eigenvalue weighted by Gasteiger charge is 2.29. The number of carbonyl (C=O) groups excluding carboxylic acids is 1. The topological polar surface area (TPSA) is 76.4 Å². The Labute approximate surface area is 157 Å². The lowest BCUT2D eigenvalue weighted by molar-refractivity contribution is 0.0941. The molecule has 0 aliphatic carbocycles. The molecule has 1 aliphatic rings. The predicted octanol–water partition coefficient (Wildman–Crippen LogP) is 2.67. The van der Waals surface area contributed by atoms with Crippen molar-refractivity contribution in [3.05, 3.63) is 58.9 Å². The zero-order valence-corrected chi connectivity index (χ0v) is 15.5. The molecule has 0 saturated carbocycles. The van der Waals surface area contributed by atoms with Gasteiger partial charge in [-0.25, -0.2) is 4.98 Å². The smallest absolute Gasteiger partial charge is 0.251 e. The average molecular weight is 365 g/mol. The summed E-state index contributed by atoms with van der Waals surface area (Å²) >= 11 is 0. The van der Waals surface area contributed by atoms with Crippen LogP contribution < -0.4 is 10.1 Å². The molecule has 1 aromatic heterocycles. The van der Waals surface area contributed by atoms with Gasteiger partial charge in [0, 0.05) is 24.7 Å². The molecule has 2 aromatic carbocycles.